The number of nitrogens with zero attached hydrogens (tertiary/aromatic N) is 1. The molecule has 1 fully saturated rings. The zero-order chi connectivity index (χ0) is 17.3. The number of benzene rings is 2. The van der Waals surface area contributed by atoms with Crippen molar-refractivity contribution in [2.45, 2.75) is 45.1 Å². The van der Waals surface area contributed by atoms with Crippen LogP contribution in [0, 0.1) is 5.92 Å². The Balaban J connectivity index is 1.60. The van der Waals surface area contributed by atoms with Gasteiger partial charge in [-0.05, 0) is 30.0 Å². The van der Waals surface area contributed by atoms with Gasteiger partial charge in [0, 0.05) is 12.2 Å². The number of rotatable bonds is 6. The molecule has 1 saturated carbocycles. The van der Waals surface area contributed by atoms with Gasteiger partial charge in [-0.2, -0.15) is 0 Å². The number of anilines is 1. The fourth-order valence-electron chi connectivity index (χ4n) is 3.61. The van der Waals surface area contributed by atoms with Gasteiger partial charge in [0.05, 0.1) is 6.54 Å². The summed E-state index contributed by atoms with van der Waals surface area (Å²) in [5, 5.41) is 3.14. The van der Waals surface area contributed by atoms with Crippen LogP contribution in [0.25, 0.3) is 0 Å². The van der Waals surface area contributed by atoms with Gasteiger partial charge in [0.1, 0.15) is 0 Å². The molecule has 0 spiro atoms. The summed E-state index contributed by atoms with van der Waals surface area (Å²) in [4.78, 5) is 14.6. The fourth-order valence-corrected chi connectivity index (χ4v) is 3.61. The van der Waals surface area contributed by atoms with Crippen molar-refractivity contribution in [2.75, 3.05) is 11.4 Å². The van der Waals surface area contributed by atoms with Crippen molar-refractivity contribution in [2.24, 2.45) is 5.92 Å². The molecule has 2 aromatic carbocycles. The average Bonchev–Trinajstić information content (AvgIpc) is 2.68. The van der Waals surface area contributed by atoms with Crippen LogP contribution in [0.1, 0.15) is 44.1 Å². The lowest BCUT2D eigenvalue weighted by Crippen LogP contribution is -2.40. The Hall–Kier alpha value is -2.29. The summed E-state index contributed by atoms with van der Waals surface area (Å²) in [7, 11) is 0. The van der Waals surface area contributed by atoms with Crippen molar-refractivity contribution in [1.29, 1.82) is 0 Å². The van der Waals surface area contributed by atoms with Gasteiger partial charge in [0.25, 0.3) is 0 Å². The highest BCUT2D eigenvalue weighted by Crippen LogP contribution is 2.25. The van der Waals surface area contributed by atoms with Gasteiger partial charge < -0.3 is 5.32 Å². The zero-order valence-corrected chi connectivity index (χ0v) is 14.9. The van der Waals surface area contributed by atoms with Gasteiger partial charge >= 0.3 is 6.03 Å². The molecule has 0 bridgehead atoms. The van der Waals surface area contributed by atoms with E-state index in [0.29, 0.717) is 6.54 Å². The van der Waals surface area contributed by atoms with Crippen molar-refractivity contribution >= 4 is 11.7 Å². The van der Waals surface area contributed by atoms with Crippen LogP contribution in [0.15, 0.2) is 60.7 Å². The second kappa shape index (κ2) is 9.26. The highest BCUT2D eigenvalue weighted by atomic mass is 16.2. The Bertz CT molecular complexity index is 636. The average molecular weight is 336 g/mol. The van der Waals surface area contributed by atoms with Gasteiger partial charge in [-0.3, -0.25) is 4.90 Å². The summed E-state index contributed by atoms with van der Waals surface area (Å²) in [6.45, 7) is 1.35. The lowest BCUT2D eigenvalue weighted by atomic mass is 9.87. The third-order valence-electron chi connectivity index (χ3n) is 5.05. The van der Waals surface area contributed by atoms with E-state index >= 15 is 0 Å². The van der Waals surface area contributed by atoms with Gasteiger partial charge in [0.2, 0.25) is 0 Å². The number of hydrogen-bond donors (Lipinski definition) is 1. The van der Waals surface area contributed by atoms with Crippen LogP contribution in [0.5, 0.6) is 0 Å². The molecule has 25 heavy (non-hydrogen) atoms. The summed E-state index contributed by atoms with van der Waals surface area (Å²) in [5.41, 5.74) is 2.07. The second-order valence-corrected chi connectivity index (χ2v) is 6.93. The van der Waals surface area contributed by atoms with Gasteiger partial charge in [0.15, 0.2) is 0 Å². The number of urea groups is 1. The van der Waals surface area contributed by atoms with E-state index in [1.165, 1.54) is 32.1 Å². The number of amides is 2. The molecule has 0 heterocycles. The minimum Gasteiger partial charge on any atom is -0.338 e. The lowest BCUT2D eigenvalue weighted by Gasteiger charge is -2.25. The molecule has 3 heteroatoms. The van der Waals surface area contributed by atoms with E-state index < -0.39 is 0 Å². The van der Waals surface area contributed by atoms with E-state index in [0.717, 1.165) is 30.1 Å². The van der Waals surface area contributed by atoms with Crippen molar-refractivity contribution in [3.05, 3.63) is 66.2 Å². The summed E-state index contributed by atoms with van der Waals surface area (Å²) >= 11 is 0. The maximum atomic E-state index is 12.8. The standard InChI is InChI=1S/C22H28N2O/c25-22(23-17-16-19-10-4-1-5-11-19)24(21-14-8-3-9-15-21)18-20-12-6-2-7-13-20/h2-3,6-9,12-15,19H,1,4-5,10-11,16-18H2,(H,23,25). The molecule has 0 aromatic heterocycles. The topological polar surface area (TPSA) is 32.3 Å². The Morgan fingerprint density at radius 3 is 2.24 bits per heavy atom. The Morgan fingerprint density at radius 2 is 1.56 bits per heavy atom. The fraction of sp³-hybridized carbons (Fsp3) is 0.409. The van der Waals surface area contributed by atoms with E-state index in [-0.39, 0.29) is 6.03 Å². The minimum atomic E-state index is -0.00846. The number of hydrogen-bond acceptors (Lipinski definition) is 1. The molecule has 1 N–H and O–H groups in total. The third-order valence-corrected chi connectivity index (χ3v) is 5.05. The molecule has 0 radical (unpaired) electrons. The number of para-hydroxylation sites is 1. The molecule has 3 rings (SSSR count). The summed E-state index contributed by atoms with van der Waals surface area (Å²) in [6.07, 6.45) is 7.82. The Morgan fingerprint density at radius 1 is 0.920 bits per heavy atom. The van der Waals surface area contributed by atoms with Gasteiger partial charge in [-0.25, -0.2) is 4.79 Å². The first-order valence-corrected chi connectivity index (χ1v) is 9.47. The normalized spacial score (nSPS) is 14.9. The minimum absolute atomic E-state index is 0.00846. The molecule has 132 valence electrons. The summed E-state index contributed by atoms with van der Waals surface area (Å²) < 4.78 is 0. The predicted molar refractivity (Wildman–Crippen MR) is 104 cm³/mol. The van der Waals surface area contributed by atoms with Crippen molar-refractivity contribution < 1.29 is 4.79 Å². The van der Waals surface area contributed by atoms with E-state index in [1.54, 1.807) is 0 Å². The van der Waals surface area contributed by atoms with Crippen LogP contribution in [0.3, 0.4) is 0 Å². The first-order chi connectivity index (χ1) is 12.3. The molecule has 0 aliphatic heterocycles. The van der Waals surface area contributed by atoms with Gasteiger partial charge in [-0.15, -0.1) is 0 Å². The van der Waals surface area contributed by atoms with Crippen LogP contribution in [0.4, 0.5) is 10.5 Å². The van der Waals surface area contributed by atoms with Crippen LogP contribution in [0.2, 0.25) is 0 Å². The number of carbonyl (C=O) groups excluding carboxylic acids is 1. The molecular formula is C22H28N2O. The molecular weight excluding hydrogens is 308 g/mol. The van der Waals surface area contributed by atoms with Crippen LogP contribution in [-0.2, 0) is 6.54 Å². The maximum Gasteiger partial charge on any atom is 0.322 e. The summed E-state index contributed by atoms with van der Waals surface area (Å²) in [5.74, 6) is 0.786. The Labute approximate surface area is 151 Å². The Kier molecular flexibility index (Phi) is 6.49. The van der Waals surface area contributed by atoms with Crippen molar-refractivity contribution in [3.63, 3.8) is 0 Å². The van der Waals surface area contributed by atoms with Gasteiger partial charge in [-0.1, -0.05) is 80.6 Å². The lowest BCUT2D eigenvalue weighted by molar-refractivity contribution is 0.244. The molecule has 2 aromatic rings. The smallest absolute Gasteiger partial charge is 0.322 e. The van der Waals surface area contributed by atoms with E-state index in [9.17, 15) is 4.79 Å². The molecule has 0 saturated heterocycles. The molecule has 3 nitrogen and oxygen atoms in total. The highest BCUT2D eigenvalue weighted by Gasteiger charge is 2.17. The molecule has 0 unspecified atom stereocenters. The monoisotopic (exact) mass is 336 g/mol. The molecule has 1 aliphatic carbocycles. The quantitative estimate of drug-likeness (QED) is 0.755. The van der Waals surface area contributed by atoms with Crippen molar-refractivity contribution in [1.82, 2.24) is 5.32 Å². The number of carbonyl (C=O) groups is 1. The predicted octanol–water partition coefficient (Wildman–Crippen LogP) is 5.37. The van der Waals surface area contributed by atoms with Crippen molar-refractivity contribution in [3.8, 4) is 0 Å². The SMILES string of the molecule is O=C(NCCC1CCCCC1)N(Cc1ccccc1)c1ccccc1. The second-order valence-electron chi connectivity index (χ2n) is 6.93. The summed E-state index contributed by atoms with van der Waals surface area (Å²) in [6, 6.07) is 20.0. The zero-order valence-electron chi connectivity index (χ0n) is 14.9. The van der Waals surface area contributed by atoms with E-state index in [2.05, 4.69) is 17.4 Å². The molecule has 1 aliphatic rings. The largest absolute Gasteiger partial charge is 0.338 e. The molecule has 2 amide bonds. The van der Waals surface area contributed by atoms with E-state index in [4.69, 9.17) is 0 Å². The maximum absolute atomic E-state index is 12.8. The van der Waals surface area contributed by atoms with E-state index in [1.807, 2.05) is 53.4 Å². The van der Waals surface area contributed by atoms with Crippen LogP contribution in [-0.4, -0.2) is 12.6 Å². The van der Waals surface area contributed by atoms with Crippen LogP contribution >= 0.6 is 0 Å². The first kappa shape index (κ1) is 17.5. The molecule has 0 atom stereocenters. The number of nitrogens with one attached hydrogen (secondary N) is 1. The highest BCUT2D eigenvalue weighted by molar-refractivity contribution is 5.91. The first-order valence-electron chi connectivity index (χ1n) is 9.47. The third kappa shape index (κ3) is 5.35. The van der Waals surface area contributed by atoms with Crippen LogP contribution < -0.4 is 10.2 Å².